The molecule has 0 aliphatic carbocycles. The highest BCUT2D eigenvalue weighted by atomic mass is 14.9. The molecule has 1 aliphatic heterocycles. The number of rotatable bonds is 9. The molecule has 0 spiro atoms. The Kier molecular flexibility index (Phi) is 10.7. The van der Waals surface area contributed by atoms with Gasteiger partial charge in [0.2, 0.25) is 0 Å². The van der Waals surface area contributed by atoms with Crippen LogP contribution in [0, 0.1) is 0 Å². The van der Waals surface area contributed by atoms with Gasteiger partial charge in [-0.3, -0.25) is 39.9 Å². The first-order valence-electron chi connectivity index (χ1n) is 23.8. The van der Waals surface area contributed by atoms with Gasteiger partial charge in [-0.15, -0.1) is 0 Å². The number of hydrogen-bond acceptors (Lipinski definition) is 9. The third-order valence-corrected chi connectivity index (χ3v) is 13.4. The van der Waals surface area contributed by atoms with Gasteiger partial charge >= 0.3 is 0 Å². The summed E-state index contributed by atoms with van der Waals surface area (Å²) >= 11 is 0. The predicted molar refractivity (Wildman–Crippen MR) is 290 cm³/mol. The molecule has 1 N–H and O–H groups in total. The van der Waals surface area contributed by atoms with E-state index in [1.807, 2.05) is 104 Å². The lowest BCUT2D eigenvalue weighted by Crippen LogP contribution is -2.18. The van der Waals surface area contributed by atoms with E-state index in [0.29, 0.717) is 6.54 Å². The molecular formula is C63H41N9. The molecule has 0 amide bonds. The monoisotopic (exact) mass is 923 g/mol. The van der Waals surface area contributed by atoms with Crippen LogP contribution in [0.25, 0.3) is 122 Å². The van der Waals surface area contributed by atoms with E-state index in [-0.39, 0.29) is 0 Å². The number of nitrogens with one attached hydrogen (secondary N) is 1. The summed E-state index contributed by atoms with van der Waals surface area (Å²) in [7, 11) is 0. The number of dihydropyridines is 1. The van der Waals surface area contributed by atoms with Gasteiger partial charge in [-0.1, -0.05) is 60.7 Å². The molecule has 0 bridgehead atoms. The summed E-state index contributed by atoms with van der Waals surface area (Å²) in [5, 5.41) is 10.4. The number of fused-ring (bicyclic) bond motifs is 6. The van der Waals surface area contributed by atoms with E-state index in [4.69, 9.17) is 24.9 Å². The van der Waals surface area contributed by atoms with Gasteiger partial charge in [0, 0.05) is 106 Å². The zero-order chi connectivity index (χ0) is 47.8. The molecule has 0 saturated heterocycles. The fourth-order valence-electron chi connectivity index (χ4n) is 9.56. The minimum atomic E-state index is 0.696. The number of hydrogen-bond donors (Lipinski definition) is 1. The van der Waals surface area contributed by atoms with E-state index in [2.05, 4.69) is 136 Å². The molecule has 0 saturated carbocycles. The van der Waals surface area contributed by atoms with Crippen LogP contribution in [0.1, 0.15) is 11.3 Å². The van der Waals surface area contributed by atoms with Gasteiger partial charge in [-0.05, 0) is 159 Å². The molecule has 0 radical (unpaired) electrons. The Morgan fingerprint density at radius 2 is 0.597 bits per heavy atom. The van der Waals surface area contributed by atoms with Gasteiger partial charge in [-0.2, -0.15) is 0 Å². The minimum absolute atomic E-state index is 0.696. The van der Waals surface area contributed by atoms with Crippen LogP contribution in [0.15, 0.2) is 232 Å². The quantitative estimate of drug-likeness (QED) is 0.141. The zero-order valence-electron chi connectivity index (χ0n) is 38.7. The van der Waals surface area contributed by atoms with Crippen LogP contribution in [-0.4, -0.2) is 46.4 Å². The minimum Gasteiger partial charge on any atom is -0.380 e. The van der Waals surface area contributed by atoms with Crippen LogP contribution in [0.5, 0.6) is 0 Å². The Labute approximate surface area is 415 Å². The van der Waals surface area contributed by atoms with Crippen molar-refractivity contribution in [1.29, 1.82) is 0 Å². The maximum atomic E-state index is 5.01. The zero-order valence-corrected chi connectivity index (χ0v) is 38.7. The van der Waals surface area contributed by atoms with Gasteiger partial charge in [0.15, 0.2) is 0 Å². The highest BCUT2D eigenvalue weighted by Crippen LogP contribution is 2.40. The van der Waals surface area contributed by atoms with E-state index >= 15 is 0 Å². The van der Waals surface area contributed by atoms with Crippen molar-refractivity contribution in [3.05, 3.63) is 243 Å². The molecule has 0 fully saturated rings. The van der Waals surface area contributed by atoms with Crippen LogP contribution >= 0.6 is 0 Å². The highest BCUT2D eigenvalue weighted by Gasteiger charge is 2.16. The normalized spacial score (nSPS) is 12.4. The first-order valence-corrected chi connectivity index (χ1v) is 23.8. The molecule has 338 valence electrons. The second kappa shape index (κ2) is 18.2. The van der Waals surface area contributed by atoms with Gasteiger partial charge < -0.3 is 5.32 Å². The van der Waals surface area contributed by atoms with Crippen molar-refractivity contribution >= 4 is 43.6 Å². The number of nitrogens with zero attached hydrogens (tertiary/aromatic N) is 8. The molecule has 12 aromatic rings. The lowest BCUT2D eigenvalue weighted by atomic mass is 9.90. The number of aromatic nitrogens is 8. The van der Waals surface area contributed by atoms with E-state index < -0.39 is 0 Å². The molecule has 0 unspecified atom stereocenters. The number of allylic oxidation sites excluding steroid dienone is 2. The molecule has 1 aliphatic rings. The van der Waals surface area contributed by atoms with E-state index in [9.17, 15) is 0 Å². The van der Waals surface area contributed by atoms with Crippen molar-refractivity contribution < 1.29 is 0 Å². The fourth-order valence-corrected chi connectivity index (χ4v) is 9.56. The Balaban J connectivity index is 0.859. The topological polar surface area (TPSA) is 115 Å². The SMILES string of the molecule is C1=C(c2ccc(-c3ccc4c(c3)c3ccc(-c5ccc(-c6ccc(-c7ccccn7)cn6)cn5)cc3c3ccc(-c5ccc(-c6ccc(-c7ccccn7)cn6)cn5)cc43)nc2)NCC(c2ccccn2)=C1. The van der Waals surface area contributed by atoms with Gasteiger partial charge in [0.05, 0.1) is 45.6 Å². The van der Waals surface area contributed by atoms with Crippen molar-refractivity contribution in [1.82, 2.24) is 45.2 Å². The average molecular weight is 924 g/mol. The lowest BCUT2D eigenvalue weighted by molar-refractivity contribution is 0.997. The maximum absolute atomic E-state index is 5.01. The molecule has 9 heteroatoms. The van der Waals surface area contributed by atoms with Crippen LogP contribution in [0.2, 0.25) is 0 Å². The fraction of sp³-hybridized carbons (Fsp3) is 0.0159. The molecule has 72 heavy (non-hydrogen) atoms. The Morgan fingerprint density at radius 3 is 0.917 bits per heavy atom. The van der Waals surface area contributed by atoms with Gasteiger partial charge in [0.25, 0.3) is 0 Å². The summed E-state index contributed by atoms with van der Waals surface area (Å²) in [5.41, 5.74) is 17.3. The molecular weight excluding hydrogens is 883 g/mol. The number of benzene rings is 4. The van der Waals surface area contributed by atoms with E-state index in [0.717, 1.165) is 134 Å². The predicted octanol–water partition coefficient (Wildman–Crippen LogP) is 14.0. The van der Waals surface area contributed by atoms with Crippen LogP contribution in [0.3, 0.4) is 0 Å². The molecule has 8 aromatic heterocycles. The van der Waals surface area contributed by atoms with Crippen LogP contribution < -0.4 is 5.32 Å². The van der Waals surface area contributed by atoms with Gasteiger partial charge in [0.1, 0.15) is 0 Å². The smallest absolute Gasteiger partial charge is 0.0717 e. The Bertz CT molecular complexity index is 3850. The van der Waals surface area contributed by atoms with Crippen molar-refractivity contribution in [3.63, 3.8) is 0 Å². The van der Waals surface area contributed by atoms with Crippen LogP contribution in [0.4, 0.5) is 0 Å². The lowest BCUT2D eigenvalue weighted by Gasteiger charge is -2.17. The molecule has 4 aromatic carbocycles. The summed E-state index contributed by atoms with van der Waals surface area (Å²) in [6, 6.07) is 58.6. The average Bonchev–Trinajstić information content (AvgIpc) is 3.48. The molecule has 0 atom stereocenters. The van der Waals surface area contributed by atoms with Crippen LogP contribution in [-0.2, 0) is 0 Å². The van der Waals surface area contributed by atoms with Crippen molar-refractivity contribution in [3.8, 4) is 78.8 Å². The summed E-state index contributed by atoms with van der Waals surface area (Å²) < 4.78 is 0. The summed E-state index contributed by atoms with van der Waals surface area (Å²) in [6.07, 6.45) is 19.1. The van der Waals surface area contributed by atoms with E-state index in [1.165, 1.54) is 0 Å². The maximum Gasteiger partial charge on any atom is 0.0717 e. The Morgan fingerprint density at radius 1 is 0.264 bits per heavy atom. The standard InChI is InChI=1S/C63H41N9/c1-4-28-64-55(7-1)43-16-25-61(70-34-43)46-13-22-58(67-37-46)40-10-19-49-52(31-40)50-20-11-41(59-23-14-47(38-68-59)62-26-17-44(35-71-62)56-8-2-5-29-65-56)33-54(50)51-21-12-42(32-53(49)51)60-24-15-48(39-69-60)63-27-18-45(36-72-63)57-9-3-6-30-66-57/h1-35,37-39,72H,36H2. The van der Waals surface area contributed by atoms with E-state index in [1.54, 1.807) is 12.4 Å². The summed E-state index contributed by atoms with van der Waals surface area (Å²) in [6.45, 7) is 0.696. The third-order valence-electron chi connectivity index (χ3n) is 13.4. The third kappa shape index (κ3) is 8.10. The second-order valence-corrected chi connectivity index (χ2v) is 17.7. The molecule has 9 nitrogen and oxygen atoms in total. The van der Waals surface area contributed by atoms with Crippen molar-refractivity contribution in [2.75, 3.05) is 6.54 Å². The second-order valence-electron chi connectivity index (χ2n) is 17.7. The largest absolute Gasteiger partial charge is 0.380 e. The Hall–Kier alpha value is -9.86. The van der Waals surface area contributed by atoms with Crippen molar-refractivity contribution in [2.45, 2.75) is 0 Å². The number of pyridine rings is 8. The van der Waals surface area contributed by atoms with Crippen molar-refractivity contribution in [2.24, 2.45) is 0 Å². The first-order chi connectivity index (χ1) is 35.6. The van der Waals surface area contributed by atoms with Gasteiger partial charge in [-0.25, -0.2) is 0 Å². The first kappa shape index (κ1) is 42.3. The summed E-state index contributed by atoms with van der Waals surface area (Å²) in [4.78, 5) is 37.9. The highest BCUT2D eigenvalue weighted by molar-refractivity contribution is 6.26. The molecule has 9 heterocycles. The molecule has 13 rings (SSSR count). The summed E-state index contributed by atoms with van der Waals surface area (Å²) in [5.74, 6) is 0.